The van der Waals surface area contributed by atoms with E-state index in [0.717, 1.165) is 27.2 Å². The van der Waals surface area contributed by atoms with Gasteiger partial charge in [0.1, 0.15) is 17.8 Å². The van der Waals surface area contributed by atoms with Crippen LogP contribution in [0.4, 0.5) is 5.82 Å². The topological polar surface area (TPSA) is 34.0 Å². The van der Waals surface area contributed by atoms with Gasteiger partial charge < -0.3 is 9.47 Å². The molecule has 19 heavy (non-hydrogen) atoms. The van der Waals surface area contributed by atoms with Crippen LogP contribution in [0.3, 0.4) is 0 Å². The van der Waals surface area contributed by atoms with Gasteiger partial charge in [0.05, 0.1) is 9.17 Å². The molecule has 0 unspecified atom stereocenters. The Morgan fingerprint density at radius 1 is 1.42 bits per heavy atom. The van der Waals surface area contributed by atoms with E-state index in [2.05, 4.69) is 55.4 Å². The van der Waals surface area contributed by atoms with E-state index >= 15 is 0 Å². The Labute approximate surface area is 123 Å². The minimum absolute atomic E-state index is 0.836. The molecule has 0 fully saturated rings. The Hall–Kier alpha value is -1.40. The number of thiophene rings is 1. The highest BCUT2D eigenvalue weighted by molar-refractivity contribution is 9.11. The van der Waals surface area contributed by atoms with Gasteiger partial charge in [0.25, 0.3) is 0 Å². The highest BCUT2D eigenvalue weighted by Gasteiger charge is 2.11. The minimum atomic E-state index is 0.836. The Morgan fingerprint density at radius 2 is 2.26 bits per heavy atom. The van der Waals surface area contributed by atoms with E-state index in [1.807, 2.05) is 17.8 Å². The van der Waals surface area contributed by atoms with Gasteiger partial charge in [-0.2, -0.15) is 0 Å². The number of aryl methyl sites for hydroxylation is 1. The quantitative estimate of drug-likeness (QED) is 0.734. The molecule has 0 bridgehead atoms. The fourth-order valence-electron chi connectivity index (χ4n) is 2.15. The molecule has 0 radical (unpaired) electrons. The highest BCUT2D eigenvalue weighted by atomic mass is 79.9. The van der Waals surface area contributed by atoms with Gasteiger partial charge in [-0.25, -0.2) is 9.97 Å². The second-order valence-electron chi connectivity index (χ2n) is 4.48. The summed E-state index contributed by atoms with van der Waals surface area (Å²) < 4.78 is 3.17. The van der Waals surface area contributed by atoms with Crippen LogP contribution in [0.15, 0.2) is 33.8 Å². The lowest BCUT2D eigenvalue weighted by atomic mass is 10.3. The highest BCUT2D eigenvalue weighted by Crippen LogP contribution is 2.26. The van der Waals surface area contributed by atoms with Crippen molar-refractivity contribution in [3.05, 3.63) is 39.4 Å². The second-order valence-corrected chi connectivity index (χ2v) is 6.77. The third-order valence-electron chi connectivity index (χ3n) is 3.04. The van der Waals surface area contributed by atoms with E-state index < -0.39 is 0 Å². The fraction of sp³-hybridized carbons (Fsp3) is 0.231. The summed E-state index contributed by atoms with van der Waals surface area (Å²) in [6.07, 6.45) is 3.63. The summed E-state index contributed by atoms with van der Waals surface area (Å²) in [5, 5.41) is 3.24. The third-order valence-corrected chi connectivity index (χ3v) is 4.60. The largest absolute Gasteiger partial charge is 0.355 e. The molecule has 0 aliphatic carbocycles. The first kappa shape index (κ1) is 12.6. The molecule has 0 aliphatic rings. The van der Waals surface area contributed by atoms with Crippen molar-refractivity contribution < 1.29 is 0 Å². The average Bonchev–Trinajstić information content (AvgIpc) is 2.96. The Balaban J connectivity index is 1.95. The Kier molecular flexibility index (Phi) is 3.28. The van der Waals surface area contributed by atoms with Crippen LogP contribution in [0.5, 0.6) is 0 Å². The SMILES string of the molecule is CN(Cc1csc(Br)c1)c1ncnc2c1ccn2C. The fourth-order valence-corrected chi connectivity index (χ4v) is 3.35. The van der Waals surface area contributed by atoms with Crippen molar-refractivity contribution >= 4 is 44.1 Å². The molecule has 0 saturated heterocycles. The molecule has 3 aromatic heterocycles. The minimum Gasteiger partial charge on any atom is -0.355 e. The number of aromatic nitrogens is 3. The maximum Gasteiger partial charge on any atom is 0.145 e. The maximum absolute atomic E-state index is 4.42. The van der Waals surface area contributed by atoms with Crippen molar-refractivity contribution in [2.24, 2.45) is 7.05 Å². The van der Waals surface area contributed by atoms with Gasteiger partial charge in [0.2, 0.25) is 0 Å². The number of hydrogen-bond donors (Lipinski definition) is 0. The molecular formula is C13H13BrN4S. The van der Waals surface area contributed by atoms with Gasteiger partial charge >= 0.3 is 0 Å². The van der Waals surface area contributed by atoms with Gasteiger partial charge in [-0.05, 0) is 39.0 Å². The summed E-state index contributed by atoms with van der Waals surface area (Å²) in [5.41, 5.74) is 2.24. The Morgan fingerprint density at radius 3 is 3.00 bits per heavy atom. The zero-order valence-corrected chi connectivity index (χ0v) is 13.1. The second kappa shape index (κ2) is 4.94. The number of nitrogens with zero attached hydrogens (tertiary/aromatic N) is 4. The molecule has 0 saturated carbocycles. The summed E-state index contributed by atoms with van der Waals surface area (Å²) in [4.78, 5) is 10.9. The van der Waals surface area contributed by atoms with Crippen molar-refractivity contribution in [1.29, 1.82) is 0 Å². The molecule has 0 atom stereocenters. The number of anilines is 1. The third kappa shape index (κ3) is 2.37. The first-order chi connectivity index (χ1) is 9.15. The van der Waals surface area contributed by atoms with Crippen LogP contribution in [0.1, 0.15) is 5.56 Å². The molecule has 0 aromatic carbocycles. The first-order valence-electron chi connectivity index (χ1n) is 5.85. The van der Waals surface area contributed by atoms with Crippen LogP contribution in [0.25, 0.3) is 11.0 Å². The van der Waals surface area contributed by atoms with E-state index in [-0.39, 0.29) is 0 Å². The summed E-state index contributed by atoms with van der Waals surface area (Å²) in [6.45, 7) is 0.836. The number of hydrogen-bond acceptors (Lipinski definition) is 4. The molecule has 4 nitrogen and oxygen atoms in total. The smallest absolute Gasteiger partial charge is 0.145 e. The standard InChI is InChI=1S/C13H13BrN4S/c1-17-4-3-10-12(17)15-8-16-13(10)18(2)6-9-5-11(14)19-7-9/h3-5,7-8H,6H2,1-2H3. The van der Waals surface area contributed by atoms with E-state index in [9.17, 15) is 0 Å². The summed E-state index contributed by atoms with van der Waals surface area (Å²) in [5.74, 6) is 0.966. The van der Waals surface area contributed by atoms with Crippen molar-refractivity contribution in [3.63, 3.8) is 0 Å². The summed E-state index contributed by atoms with van der Waals surface area (Å²) in [7, 11) is 4.05. The van der Waals surface area contributed by atoms with Crippen LogP contribution in [0, 0.1) is 0 Å². The van der Waals surface area contributed by atoms with Gasteiger partial charge in [-0.1, -0.05) is 0 Å². The zero-order chi connectivity index (χ0) is 13.4. The molecule has 0 N–H and O–H groups in total. The lowest BCUT2D eigenvalue weighted by molar-refractivity contribution is 0.897. The predicted molar refractivity (Wildman–Crippen MR) is 82.6 cm³/mol. The van der Waals surface area contributed by atoms with E-state index in [0.29, 0.717) is 0 Å². The number of rotatable bonds is 3. The molecule has 6 heteroatoms. The van der Waals surface area contributed by atoms with E-state index in [4.69, 9.17) is 0 Å². The molecule has 0 amide bonds. The molecule has 3 aromatic rings. The average molecular weight is 337 g/mol. The van der Waals surface area contributed by atoms with Crippen molar-refractivity contribution in [1.82, 2.24) is 14.5 Å². The molecule has 0 aliphatic heterocycles. The molecule has 3 rings (SSSR count). The number of fused-ring (bicyclic) bond motifs is 1. The van der Waals surface area contributed by atoms with Crippen LogP contribution < -0.4 is 4.90 Å². The lowest BCUT2D eigenvalue weighted by Gasteiger charge is -2.18. The van der Waals surface area contributed by atoms with Crippen LogP contribution in [0.2, 0.25) is 0 Å². The van der Waals surface area contributed by atoms with Crippen LogP contribution in [-0.4, -0.2) is 21.6 Å². The van der Waals surface area contributed by atoms with Crippen LogP contribution in [-0.2, 0) is 13.6 Å². The van der Waals surface area contributed by atoms with Crippen molar-refractivity contribution in [3.8, 4) is 0 Å². The maximum atomic E-state index is 4.42. The number of halogens is 1. The van der Waals surface area contributed by atoms with E-state index in [1.165, 1.54) is 5.56 Å². The van der Waals surface area contributed by atoms with Gasteiger partial charge in [0.15, 0.2) is 0 Å². The molecular weight excluding hydrogens is 324 g/mol. The Bertz CT molecular complexity index is 718. The molecule has 0 spiro atoms. The molecule has 98 valence electrons. The first-order valence-corrected chi connectivity index (χ1v) is 7.52. The van der Waals surface area contributed by atoms with Crippen LogP contribution >= 0.6 is 27.3 Å². The van der Waals surface area contributed by atoms with Gasteiger partial charge in [0, 0.05) is 26.8 Å². The van der Waals surface area contributed by atoms with Gasteiger partial charge in [-0.3, -0.25) is 0 Å². The predicted octanol–water partition coefficient (Wildman–Crippen LogP) is 3.43. The van der Waals surface area contributed by atoms with Gasteiger partial charge in [-0.15, -0.1) is 11.3 Å². The summed E-state index contributed by atoms with van der Waals surface area (Å²) >= 11 is 5.19. The van der Waals surface area contributed by atoms with Crippen molar-refractivity contribution in [2.45, 2.75) is 6.54 Å². The molecule has 3 heterocycles. The van der Waals surface area contributed by atoms with Crippen molar-refractivity contribution in [2.75, 3.05) is 11.9 Å². The summed E-state index contributed by atoms with van der Waals surface area (Å²) in [6, 6.07) is 4.20. The van der Waals surface area contributed by atoms with E-state index in [1.54, 1.807) is 17.7 Å². The monoisotopic (exact) mass is 336 g/mol. The normalized spacial score (nSPS) is 11.1. The lowest BCUT2D eigenvalue weighted by Crippen LogP contribution is -2.17. The zero-order valence-electron chi connectivity index (χ0n) is 10.7.